The summed E-state index contributed by atoms with van der Waals surface area (Å²) >= 11 is 0. The number of aliphatic carboxylic acids is 2. The number of carbonyl (C=O) groups excluding carboxylic acids is 1. The number of aromatic nitrogens is 2. The molecule has 0 unspecified atom stereocenters. The highest BCUT2D eigenvalue weighted by Crippen LogP contribution is 1.94. The van der Waals surface area contributed by atoms with Gasteiger partial charge in [-0.25, -0.2) is 9.13 Å². The molecule has 1 aromatic heterocycles. The van der Waals surface area contributed by atoms with Gasteiger partial charge in [0.1, 0.15) is 12.4 Å². The van der Waals surface area contributed by atoms with Crippen LogP contribution < -0.4 is 9.67 Å². The number of rotatable bonds is 8. The average Bonchev–Trinajstić information content (AvgIpc) is 2.65. The summed E-state index contributed by atoms with van der Waals surface area (Å²) in [7, 11) is 0. The number of hydrogen-bond acceptors (Lipinski definition) is 3. The molecule has 0 radical (unpaired) electrons. The zero-order valence-electron chi connectivity index (χ0n) is 9.54. The van der Waals surface area contributed by atoms with E-state index in [-0.39, 0.29) is 12.8 Å². The molecular formula is C11H16N2O4. The number of carboxylic acid groups (broad SMARTS) is 2. The summed E-state index contributed by atoms with van der Waals surface area (Å²) in [6.07, 6.45) is 6.86. The summed E-state index contributed by atoms with van der Waals surface area (Å²) in [5.41, 5.74) is 0. The lowest BCUT2D eigenvalue weighted by molar-refractivity contribution is -0.696. The van der Waals surface area contributed by atoms with Gasteiger partial charge in [-0.3, -0.25) is 4.79 Å². The van der Waals surface area contributed by atoms with Crippen molar-refractivity contribution in [3.63, 3.8) is 0 Å². The van der Waals surface area contributed by atoms with Gasteiger partial charge < -0.3 is 15.0 Å². The maximum absolute atomic E-state index is 10.3. The Kier molecular flexibility index (Phi) is 5.19. The van der Waals surface area contributed by atoms with Gasteiger partial charge in [-0.2, -0.15) is 0 Å². The van der Waals surface area contributed by atoms with E-state index < -0.39 is 11.9 Å². The molecule has 6 nitrogen and oxygen atoms in total. The van der Waals surface area contributed by atoms with Crippen molar-refractivity contribution in [1.29, 1.82) is 0 Å². The molecule has 0 atom stereocenters. The number of hydrogen-bond donors (Lipinski definition) is 1. The fourth-order valence-corrected chi connectivity index (χ4v) is 1.52. The molecule has 1 N–H and O–H groups in total. The molecule has 0 amide bonds. The van der Waals surface area contributed by atoms with Crippen LogP contribution in [0.3, 0.4) is 0 Å². The minimum absolute atomic E-state index is 0.0528. The second kappa shape index (κ2) is 6.67. The maximum Gasteiger partial charge on any atom is 0.303 e. The quantitative estimate of drug-likeness (QED) is 0.601. The molecule has 0 aliphatic rings. The molecule has 0 saturated carbocycles. The average molecular weight is 240 g/mol. The fraction of sp³-hybridized carbons (Fsp3) is 0.545. The molecule has 0 aliphatic carbocycles. The molecule has 0 bridgehead atoms. The van der Waals surface area contributed by atoms with E-state index in [0.29, 0.717) is 25.9 Å². The van der Waals surface area contributed by atoms with E-state index >= 15 is 0 Å². The summed E-state index contributed by atoms with van der Waals surface area (Å²) in [4.78, 5) is 20.5. The summed E-state index contributed by atoms with van der Waals surface area (Å²) < 4.78 is 3.77. The predicted molar refractivity (Wildman–Crippen MR) is 55.7 cm³/mol. The summed E-state index contributed by atoms with van der Waals surface area (Å²) in [6, 6.07) is 0. The first kappa shape index (κ1) is 13.2. The number of aryl methyl sites for hydroxylation is 2. The van der Waals surface area contributed by atoms with Crippen molar-refractivity contribution in [3.8, 4) is 0 Å². The largest absolute Gasteiger partial charge is 0.550 e. The van der Waals surface area contributed by atoms with Gasteiger partial charge in [-0.05, 0) is 19.3 Å². The minimum atomic E-state index is -1.04. The van der Waals surface area contributed by atoms with Crippen LogP contribution >= 0.6 is 0 Å². The zero-order valence-corrected chi connectivity index (χ0v) is 9.54. The first-order valence-corrected chi connectivity index (χ1v) is 5.54. The number of imidazole rings is 1. The third kappa shape index (κ3) is 5.70. The van der Waals surface area contributed by atoms with Crippen LogP contribution in [-0.4, -0.2) is 21.6 Å². The number of nitrogens with zero attached hydrogens (tertiary/aromatic N) is 2. The van der Waals surface area contributed by atoms with Crippen molar-refractivity contribution in [2.45, 2.75) is 38.8 Å². The van der Waals surface area contributed by atoms with Gasteiger partial charge in [0.25, 0.3) is 0 Å². The second-order valence-corrected chi connectivity index (χ2v) is 3.86. The van der Waals surface area contributed by atoms with Gasteiger partial charge in [0.2, 0.25) is 6.33 Å². The molecular weight excluding hydrogens is 224 g/mol. The molecule has 0 aliphatic heterocycles. The molecule has 1 aromatic rings. The number of carbonyl (C=O) groups is 2. The Balaban J connectivity index is 2.27. The molecule has 1 rings (SSSR count). The van der Waals surface area contributed by atoms with E-state index in [1.165, 1.54) is 0 Å². The summed E-state index contributed by atoms with van der Waals surface area (Å²) in [5, 5.41) is 18.7. The van der Waals surface area contributed by atoms with Crippen LogP contribution in [0.2, 0.25) is 0 Å². The lowest BCUT2D eigenvalue weighted by Crippen LogP contribution is -2.31. The summed E-state index contributed by atoms with van der Waals surface area (Å²) in [6.45, 7) is 1.28. The van der Waals surface area contributed by atoms with Crippen LogP contribution in [0.15, 0.2) is 18.7 Å². The van der Waals surface area contributed by atoms with Crippen LogP contribution in [0.25, 0.3) is 0 Å². The minimum Gasteiger partial charge on any atom is -0.550 e. The van der Waals surface area contributed by atoms with E-state index in [1.807, 2.05) is 27.9 Å². The van der Waals surface area contributed by atoms with E-state index in [2.05, 4.69) is 0 Å². The number of carboxylic acids is 2. The van der Waals surface area contributed by atoms with Crippen molar-refractivity contribution in [3.05, 3.63) is 18.7 Å². The predicted octanol–water partition coefficient (Wildman–Crippen LogP) is -0.829. The normalized spacial score (nSPS) is 10.4. The van der Waals surface area contributed by atoms with E-state index in [9.17, 15) is 14.7 Å². The van der Waals surface area contributed by atoms with Crippen LogP contribution in [0.4, 0.5) is 0 Å². The molecule has 0 saturated heterocycles. The fourth-order valence-electron chi connectivity index (χ4n) is 1.52. The highest BCUT2D eigenvalue weighted by atomic mass is 16.4. The third-order valence-electron chi connectivity index (χ3n) is 2.35. The Labute approximate surface area is 99.1 Å². The Morgan fingerprint density at radius 1 is 1.29 bits per heavy atom. The van der Waals surface area contributed by atoms with Crippen molar-refractivity contribution in [2.75, 3.05) is 0 Å². The molecule has 94 valence electrons. The Hall–Kier alpha value is -1.85. The maximum atomic E-state index is 10.3. The topological polar surface area (TPSA) is 86.2 Å². The van der Waals surface area contributed by atoms with E-state index in [1.54, 1.807) is 0 Å². The molecule has 17 heavy (non-hydrogen) atoms. The van der Waals surface area contributed by atoms with Crippen molar-refractivity contribution >= 4 is 11.9 Å². The monoisotopic (exact) mass is 240 g/mol. The van der Waals surface area contributed by atoms with Gasteiger partial charge >= 0.3 is 5.97 Å². The molecule has 0 aromatic carbocycles. The highest BCUT2D eigenvalue weighted by Gasteiger charge is 2.04. The Morgan fingerprint density at radius 3 is 2.71 bits per heavy atom. The third-order valence-corrected chi connectivity index (χ3v) is 2.35. The van der Waals surface area contributed by atoms with Gasteiger partial charge in [0.15, 0.2) is 0 Å². The Morgan fingerprint density at radius 2 is 2.06 bits per heavy atom. The summed E-state index contributed by atoms with van der Waals surface area (Å²) in [5.74, 6) is -1.83. The van der Waals surface area contributed by atoms with Gasteiger partial charge in [0, 0.05) is 12.4 Å². The molecule has 0 spiro atoms. The van der Waals surface area contributed by atoms with Gasteiger partial charge in [-0.1, -0.05) is 0 Å². The van der Waals surface area contributed by atoms with Crippen LogP contribution in [-0.2, 0) is 22.7 Å². The smallest absolute Gasteiger partial charge is 0.303 e. The van der Waals surface area contributed by atoms with Crippen molar-refractivity contribution in [2.24, 2.45) is 0 Å². The van der Waals surface area contributed by atoms with Crippen molar-refractivity contribution < 1.29 is 24.4 Å². The molecule has 0 fully saturated rings. The van der Waals surface area contributed by atoms with Crippen LogP contribution in [0.1, 0.15) is 25.7 Å². The van der Waals surface area contributed by atoms with Crippen LogP contribution in [0, 0.1) is 0 Å². The van der Waals surface area contributed by atoms with E-state index in [0.717, 1.165) is 0 Å². The highest BCUT2D eigenvalue weighted by molar-refractivity contribution is 5.66. The van der Waals surface area contributed by atoms with Gasteiger partial charge in [-0.15, -0.1) is 0 Å². The standard InChI is InChI=1S/C11H16N2O4/c14-10(15)3-1-5-12-7-8-13(9-12)6-2-4-11(16)17/h7-9H,1-6H2,(H-,14,15,16,17). The molecule has 1 heterocycles. The first-order chi connectivity index (χ1) is 8.08. The lowest BCUT2D eigenvalue weighted by atomic mass is 10.3. The first-order valence-electron chi connectivity index (χ1n) is 5.54. The van der Waals surface area contributed by atoms with Crippen molar-refractivity contribution in [1.82, 2.24) is 4.57 Å². The zero-order chi connectivity index (χ0) is 12.7. The molecule has 6 heteroatoms. The Bertz CT molecular complexity index is 352. The van der Waals surface area contributed by atoms with E-state index in [4.69, 9.17) is 5.11 Å². The van der Waals surface area contributed by atoms with Gasteiger partial charge in [0.05, 0.1) is 13.1 Å². The SMILES string of the molecule is O=C([O-])CCCn1cc[n+](CCCC(=O)O)c1. The lowest BCUT2D eigenvalue weighted by Gasteiger charge is -1.99. The van der Waals surface area contributed by atoms with Crippen LogP contribution in [0.5, 0.6) is 0 Å². The second-order valence-electron chi connectivity index (χ2n) is 3.86.